The molecule has 8 heteroatoms. The number of rotatable bonds is 7. The molecule has 0 radical (unpaired) electrons. The van der Waals surface area contributed by atoms with Crippen LogP contribution in [0.3, 0.4) is 0 Å². The molecule has 2 amide bonds. The minimum atomic E-state index is -0.727. The third kappa shape index (κ3) is 5.18. The van der Waals surface area contributed by atoms with E-state index in [-0.39, 0.29) is 12.6 Å². The van der Waals surface area contributed by atoms with Crippen LogP contribution >= 0.6 is 23.2 Å². The smallest absolute Gasteiger partial charge is 0.338 e. The fraction of sp³-hybridized carbons (Fsp3) is 0.565. The van der Waals surface area contributed by atoms with Crippen molar-refractivity contribution in [1.82, 2.24) is 15.1 Å². The highest BCUT2D eigenvalue weighted by Crippen LogP contribution is 2.38. The number of carbonyl (C=O) groups excluding carboxylic acids is 2. The summed E-state index contributed by atoms with van der Waals surface area (Å²) in [6.45, 7) is 4.83. The number of amides is 2. The van der Waals surface area contributed by atoms with E-state index in [2.05, 4.69) is 17.3 Å². The maximum absolute atomic E-state index is 13.2. The molecule has 6 nitrogen and oxygen atoms in total. The van der Waals surface area contributed by atoms with Gasteiger partial charge in [-0.2, -0.15) is 0 Å². The lowest BCUT2D eigenvalue weighted by molar-refractivity contribution is -0.139. The number of hydrogen-bond acceptors (Lipinski definition) is 4. The second-order valence-electron chi connectivity index (χ2n) is 8.06. The Morgan fingerprint density at radius 2 is 1.94 bits per heavy atom. The third-order valence-corrected chi connectivity index (χ3v) is 6.97. The van der Waals surface area contributed by atoms with Gasteiger partial charge in [-0.05, 0) is 45.4 Å². The molecule has 31 heavy (non-hydrogen) atoms. The van der Waals surface area contributed by atoms with Gasteiger partial charge in [0.1, 0.15) is 0 Å². The molecule has 1 N–H and O–H groups in total. The van der Waals surface area contributed by atoms with Gasteiger partial charge in [0.15, 0.2) is 0 Å². The van der Waals surface area contributed by atoms with Crippen LogP contribution in [0, 0.1) is 0 Å². The lowest BCUT2D eigenvalue weighted by Crippen LogP contribution is -2.51. The number of halogens is 2. The molecule has 1 aromatic rings. The predicted molar refractivity (Wildman–Crippen MR) is 123 cm³/mol. The van der Waals surface area contributed by atoms with Gasteiger partial charge in [-0.1, -0.05) is 54.6 Å². The number of urea groups is 1. The van der Waals surface area contributed by atoms with Crippen LogP contribution in [-0.2, 0) is 9.53 Å². The number of likely N-dealkylation sites (N-methyl/N-ethyl adjacent to an activating group) is 2. The van der Waals surface area contributed by atoms with E-state index in [4.69, 9.17) is 27.9 Å². The fourth-order valence-electron chi connectivity index (χ4n) is 4.52. The van der Waals surface area contributed by atoms with E-state index in [0.29, 0.717) is 46.0 Å². The molecular weight excluding hydrogens is 437 g/mol. The number of carbonyl (C=O) groups is 2. The van der Waals surface area contributed by atoms with Gasteiger partial charge in [-0.15, -0.1) is 0 Å². The molecule has 1 saturated carbocycles. The summed E-state index contributed by atoms with van der Waals surface area (Å²) in [5, 5.41) is 3.63. The minimum Gasteiger partial charge on any atom is -0.463 e. The summed E-state index contributed by atoms with van der Waals surface area (Å²) in [7, 11) is 2.06. The summed E-state index contributed by atoms with van der Waals surface area (Å²) in [5.74, 6) is -0.450. The number of ether oxygens (including phenoxy) is 1. The topological polar surface area (TPSA) is 61.9 Å². The standard InChI is InChI=1S/C23H31Cl2N3O3/c1-4-28-18(14-27(3)15-10-7-6-8-11-15)19(22(29)31-5-2)21(26-23(28)30)16-12-9-13-17(24)20(16)25/h9,12-13,15,21H,4-8,10-11,14H2,1-3H3,(H,26,30)/t21-/m0/s1. The molecule has 1 heterocycles. The molecule has 1 atom stereocenters. The van der Waals surface area contributed by atoms with Crippen LogP contribution in [-0.4, -0.2) is 54.6 Å². The Hall–Kier alpha value is -1.76. The zero-order valence-corrected chi connectivity index (χ0v) is 19.9. The molecule has 0 bridgehead atoms. The van der Waals surface area contributed by atoms with Crippen LogP contribution in [0.15, 0.2) is 29.5 Å². The monoisotopic (exact) mass is 467 g/mol. The maximum Gasteiger partial charge on any atom is 0.338 e. The highest BCUT2D eigenvalue weighted by Gasteiger charge is 2.39. The minimum absolute atomic E-state index is 0.240. The molecule has 0 unspecified atom stereocenters. The first-order valence-corrected chi connectivity index (χ1v) is 11.8. The first-order chi connectivity index (χ1) is 14.9. The summed E-state index contributed by atoms with van der Waals surface area (Å²) in [4.78, 5) is 30.1. The second kappa shape index (κ2) is 10.7. The Bertz CT molecular complexity index is 852. The van der Waals surface area contributed by atoms with E-state index in [1.165, 1.54) is 19.3 Å². The number of esters is 1. The molecule has 3 rings (SSSR count). The van der Waals surface area contributed by atoms with Crippen LogP contribution in [0.1, 0.15) is 57.6 Å². The average Bonchev–Trinajstić information content (AvgIpc) is 2.76. The zero-order valence-electron chi connectivity index (χ0n) is 18.4. The Morgan fingerprint density at radius 3 is 2.58 bits per heavy atom. The number of nitrogens with one attached hydrogen (secondary N) is 1. The summed E-state index contributed by atoms with van der Waals surface area (Å²) < 4.78 is 5.42. The molecule has 2 aliphatic rings. The first-order valence-electron chi connectivity index (χ1n) is 11.0. The average molecular weight is 468 g/mol. The van der Waals surface area contributed by atoms with Crippen molar-refractivity contribution >= 4 is 35.2 Å². The Kier molecular flexibility index (Phi) is 8.25. The molecule has 0 aromatic heterocycles. The van der Waals surface area contributed by atoms with Gasteiger partial charge < -0.3 is 10.1 Å². The molecule has 1 aliphatic heterocycles. The molecule has 170 valence electrons. The normalized spacial score (nSPS) is 20.3. The van der Waals surface area contributed by atoms with Gasteiger partial charge >= 0.3 is 12.0 Å². The van der Waals surface area contributed by atoms with Crippen LogP contribution in [0.5, 0.6) is 0 Å². The lowest BCUT2D eigenvalue weighted by atomic mass is 9.92. The summed E-state index contributed by atoms with van der Waals surface area (Å²) >= 11 is 12.7. The zero-order chi connectivity index (χ0) is 22.5. The molecule has 1 aliphatic carbocycles. The van der Waals surface area contributed by atoms with E-state index < -0.39 is 12.0 Å². The number of benzene rings is 1. The van der Waals surface area contributed by atoms with E-state index in [0.717, 1.165) is 12.8 Å². The number of hydrogen-bond donors (Lipinski definition) is 1. The second-order valence-corrected chi connectivity index (χ2v) is 8.84. The van der Waals surface area contributed by atoms with Crippen molar-refractivity contribution < 1.29 is 14.3 Å². The van der Waals surface area contributed by atoms with Gasteiger partial charge in [-0.25, -0.2) is 9.59 Å². The molecule has 0 spiro atoms. The van der Waals surface area contributed by atoms with Gasteiger partial charge in [0, 0.05) is 24.8 Å². The van der Waals surface area contributed by atoms with Crippen molar-refractivity contribution in [2.24, 2.45) is 0 Å². The van der Waals surface area contributed by atoms with Crippen molar-refractivity contribution in [2.75, 3.05) is 26.7 Å². The van der Waals surface area contributed by atoms with E-state index >= 15 is 0 Å². The third-order valence-electron chi connectivity index (χ3n) is 6.14. The van der Waals surface area contributed by atoms with Crippen molar-refractivity contribution in [3.63, 3.8) is 0 Å². The van der Waals surface area contributed by atoms with Gasteiger partial charge in [0.2, 0.25) is 0 Å². The first kappa shape index (κ1) is 23.9. The van der Waals surface area contributed by atoms with Crippen molar-refractivity contribution in [3.05, 3.63) is 45.1 Å². The van der Waals surface area contributed by atoms with Gasteiger partial charge in [0.25, 0.3) is 0 Å². The van der Waals surface area contributed by atoms with Crippen LogP contribution in [0.25, 0.3) is 0 Å². The number of nitrogens with zero attached hydrogens (tertiary/aromatic N) is 2. The van der Waals surface area contributed by atoms with E-state index in [9.17, 15) is 9.59 Å². The summed E-state index contributed by atoms with van der Waals surface area (Å²) in [6, 6.07) is 4.67. The quantitative estimate of drug-likeness (QED) is 0.562. The maximum atomic E-state index is 13.2. The van der Waals surface area contributed by atoms with E-state index in [1.807, 2.05) is 6.92 Å². The van der Waals surface area contributed by atoms with Crippen molar-refractivity contribution in [3.8, 4) is 0 Å². The molecule has 1 fully saturated rings. The Morgan fingerprint density at radius 1 is 1.23 bits per heavy atom. The lowest BCUT2D eigenvalue weighted by Gasteiger charge is -2.39. The van der Waals surface area contributed by atoms with Crippen LogP contribution < -0.4 is 5.32 Å². The molecule has 0 saturated heterocycles. The van der Waals surface area contributed by atoms with Crippen LogP contribution in [0.2, 0.25) is 10.0 Å². The molecular formula is C23H31Cl2N3O3. The van der Waals surface area contributed by atoms with Gasteiger partial charge in [-0.3, -0.25) is 9.80 Å². The highest BCUT2D eigenvalue weighted by molar-refractivity contribution is 6.42. The summed E-state index contributed by atoms with van der Waals surface area (Å²) in [5.41, 5.74) is 1.66. The van der Waals surface area contributed by atoms with Crippen molar-refractivity contribution in [1.29, 1.82) is 0 Å². The van der Waals surface area contributed by atoms with Gasteiger partial charge in [0.05, 0.1) is 28.3 Å². The summed E-state index contributed by atoms with van der Waals surface area (Å²) in [6.07, 6.45) is 5.93. The van der Waals surface area contributed by atoms with E-state index in [1.54, 1.807) is 30.0 Å². The molecule has 1 aromatic carbocycles. The Balaban J connectivity index is 2.09. The predicted octanol–water partition coefficient (Wildman–Crippen LogP) is 5.16. The van der Waals surface area contributed by atoms with Crippen molar-refractivity contribution in [2.45, 2.75) is 58.0 Å². The fourth-order valence-corrected chi connectivity index (χ4v) is 4.94. The highest BCUT2D eigenvalue weighted by atomic mass is 35.5. The Labute approximate surface area is 194 Å². The van der Waals surface area contributed by atoms with Crippen LogP contribution in [0.4, 0.5) is 4.79 Å². The SMILES string of the molecule is CCOC(=O)C1=C(CN(C)C2CCCCC2)N(CC)C(=O)N[C@H]1c1cccc(Cl)c1Cl. The largest absolute Gasteiger partial charge is 0.463 e.